The first kappa shape index (κ1) is 11.7. The molecule has 1 amide bonds. The normalized spacial score (nSPS) is 14.4. The number of rotatable bonds is 2. The van der Waals surface area contributed by atoms with Gasteiger partial charge >= 0.3 is 0 Å². The molecule has 0 saturated heterocycles. The molecule has 2 aromatic rings. The Morgan fingerprint density at radius 3 is 3.11 bits per heavy atom. The number of nitrogens with one attached hydrogen (secondary N) is 1. The minimum atomic E-state index is 0.0293. The van der Waals surface area contributed by atoms with E-state index in [0.29, 0.717) is 0 Å². The number of anilines is 2. The lowest BCUT2D eigenvalue weighted by Gasteiger charge is -2.22. The smallest absolute Gasteiger partial charge is 0.248 e. The van der Waals surface area contributed by atoms with E-state index in [2.05, 4.69) is 15.6 Å². The molecule has 0 unspecified atom stereocenters. The van der Waals surface area contributed by atoms with Crippen molar-refractivity contribution >= 4 is 17.3 Å². The summed E-state index contributed by atoms with van der Waals surface area (Å²) in [4.78, 5) is 14.2. The highest BCUT2D eigenvalue weighted by atomic mass is 16.2. The molecule has 0 saturated carbocycles. The van der Waals surface area contributed by atoms with Crippen LogP contribution in [-0.2, 0) is 11.3 Å². The van der Waals surface area contributed by atoms with Gasteiger partial charge in [0.15, 0.2) is 0 Å². The molecule has 98 valence electrons. The van der Waals surface area contributed by atoms with Gasteiger partial charge in [0.2, 0.25) is 5.91 Å². The van der Waals surface area contributed by atoms with Crippen molar-refractivity contribution in [3.8, 4) is 0 Å². The van der Waals surface area contributed by atoms with Crippen molar-refractivity contribution in [2.75, 3.05) is 23.3 Å². The van der Waals surface area contributed by atoms with Gasteiger partial charge in [-0.2, -0.15) is 0 Å². The second-order valence-electron chi connectivity index (χ2n) is 4.44. The number of hydrogen-bond acceptors (Lipinski definition) is 4. The highest BCUT2D eigenvalue weighted by molar-refractivity contribution is 5.96. The standard InChI is InChI=1S/C13H15N5O/c19-13(10-17-9-7-15-16-17)18-8-3-6-14-11-4-1-2-5-12(11)18/h1-2,4-5,7,9,14H,3,6,8,10H2. The first-order valence-corrected chi connectivity index (χ1v) is 6.32. The van der Waals surface area contributed by atoms with Gasteiger partial charge in [0.25, 0.3) is 0 Å². The topological polar surface area (TPSA) is 63.1 Å². The number of carbonyl (C=O) groups is 1. The van der Waals surface area contributed by atoms with Gasteiger partial charge in [-0.25, -0.2) is 4.68 Å². The van der Waals surface area contributed by atoms with Gasteiger partial charge in [0.05, 0.1) is 17.6 Å². The zero-order valence-electron chi connectivity index (χ0n) is 10.5. The fourth-order valence-corrected chi connectivity index (χ4v) is 2.24. The summed E-state index contributed by atoms with van der Waals surface area (Å²) >= 11 is 0. The van der Waals surface area contributed by atoms with Gasteiger partial charge < -0.3 is 10.2 Å². The first-order valence-electron chi connectivity index (χ1n) is 6.32. The molecule has 0 radical (unpaired) electrons. The molecule has 6 nitrogen and oxygen atoms in total. The van der Waals surface area contributed by atoms with Crippen molar-refractivity contribution in [1.82, 2.24) is 15.0 Å². The maximum atomic E-state index is 12.4. The van der Waals surface area contributed by atoms with E-state index >= 15 is 0 Å². The molecule has 1 aromatic heterocycles. The van der Waals surface area contributed by atoms with Crippen LogP contribution in [0.25, 0.3) is 0 Å². The molecule has 0 fully saturated rings. The maximum Gasteiger partial charge on any atom is 0.248 e. The Labute approximate surface area is 111 Å². The lowest BCUT2D eigenvalue weighted by molar-refractivity contribution is -0.119. The third-order valence-electron chi connectivity index (χ3n) is 3.14. The number of benzene rings is 1. The monoisotopic (exact) mass is 257 g/mol. The molecule has 3 rings (SSSR count). The summed E-state index contributed by atoms with van der Waals surface area (Å²) in [6.45, 7) is 1.82. The number of para-hydroxylation sites is 2. The second kappa shape index (κ2) is 5.09. The lowest BCUT2D eigenvalue weighted by Crippen LogP contribution is -2.34. The van der Waals surface area contributed by atoms with Gasteiger partial charge in [0.1, 0.15) is 6.54 Å². The third-order valence-corrected chi connectivity index (χ3v) is 3.14. The second-order valence-corrected chi connectivity index (χ2v) is 4.44. The summed E-state index contributed by atoms with van der Waals surface area (Å²) in [6.07, 6.45) is 4.20. The van der Waals surface area contributed by atoms with Gasteiger partial charge in [-0.15, -0.1) is 5.10 Å². The fourth-order valence-electron chi connectivity index (χ4n) is 2.24. The number of amides is 1. The van der Waals surface area contributed by atoms with E-state index in [4.69, 9.17) is 0 Å². The molecular formula is C13H15N5O. The molecule has 6 heteroatoms. The summed E-state index contributed by atoms with van der Waals surface area (Å²) < 4.78 is 1.54. The lowest BCUT2D eigenvalue weighted by atomic mass is 10.2. The molecule has 0 atom stereocenters. The van der Waals surface area contributed by atoms with Crippen LogP contribution in [0.1, 0.15) is 6.42 Å². The predicted octanol–water partition coefficient (Wildman–Crippen LogP) is 1.13. The van der Waals surface area contributed by atoms with Crippen LogP contribution in [0.4, 0.5) is 11.4 Å². The molecule has 0 bridgehead atoms. The number of hydrogen-bond donors (Lipinski definition) is 1. The van der Waals surface area contributed by atoms with Crippen LogP contribution in [0.2, 0.25) is 0 Å². The summed E-state index contributed by atoms with van der Waals surface area (Å²) in [5, 5.41) is 10.9. The van der Waals surface area contributed by atoms with E-state index < -0.39 is 0 Å². The van der Waals surface area contributed by atoms with E-state index in [1.165, 1.54) is 0 Å². The molecule has 1 aliphatic heterocycles. The van der Waals surface area contributed by atoms with Crippen LogP contribution in [0.5, 0.6) is 0 Å². The van der Waals surface area contributed by atoms with E-state index in [1.807, 2.05) is 29.2 Å². The van der Waals surface area contributed by atoms with Crippen molar-refractivity contribution in [1.29, 1.82) is 0 Å². The minimum absolute atomic E-state index is 0.0293. The van der Waals surface area contributed by atoms with E-state index in [1.54, 1.807) is 17.1 Å². The first-order chi connectivity index (χ1) is 9.34. The minimum Gasteiger partial charge on any atom is -0.383 e. The van der Waals surface area contributed by atoms with Crippen molar-refractivity contribution in [3.05, 3.63) is 36.7 Å². The summed E-state index contributed by atoms with van der Waals surface area (Å²) in [5.41, 5.74) is 1.94. The Morgan fingerprint density at radius 2 is 2.26 bits per heavy atom. The summed E-state index contributed by atoms with van der Waals surface area (Å²) in [6, 6.07) is 7.88. The number of carbonyl (C=O) groups excluding carboxylic acids is 1. The Morgan fingerprint density at radius 1 is 1.37 bits per heavy atom. The van der Waals surface area contributed by atoms with Crippen LogP contribution in [0.3, 0.4) is 0 Å². The molecule has 1 aliphatic rings. The Balaban J connectivity index is 1.85. The van der Waals surface area contributed by atoms with Crippen molar-refractivity contribution in [2.24, 2.45) is 0 Å². The van der Waals surface area contributed by atoms with Crippen molar-refractivity contribution in [3.63, 3.8) is 0 Å². The zero-order valence-corrected chi connectivity index (χ0v) is 10.5. The molecule has 2 heterocycles. The SMILES string of the molecule is O=C(Cn1ccnn1)N1CCCNc2ccccc21. The molecule has 0 aliphatic carbocycles. The largest absolute Gasteiger partial charge is 0.383 e. The Bertz CT molecular complexity index is 566. The average Bonchev–Trinajstić information content (AvgIpc) is 2.83. The summed E-state index contributed by atoms with van der Waals surface area (Å²) in [7, 11) is 0. The molecule has 19 heavy (non-hydrogen) atoms. The van der Waals surface area contributed by atoms with Crippen LogP contribution in [-0.4, -0.2) is 34.0 Å². The van der Waals surface area contributed by atoms with E-state index in [0.717, 1.165) is 30.9 Å². The van der Waals surface area contributed by atoms with Crippen LogP contribution >= 0.6 is 0 Å². The molecule has 0 spiro atoms. The maximum absolute atomic E-state index is 12.4. The predicted molar refractivity (Wildman–Crippen MR) is 71.9 cm³/mol. The van der Waals surface area contributed by atoms with E-state index in [9.17, 15) is 4.79 Å². The Kier molecular flexibility index (Phi) is 3.14. The average molecular weight is 257 g/mol. The number of nitrogens with zero attached hydrogens (tertiary/aromatic N) is 4. The van der Waals surface area contributed by atoms with Crippen LogP contribution in [0, 0.1) is 0 Å². The zero-order chi connectivity index (χ0) is 13.1. The highest BCUT2D eigenvalue weighted by Gasteiger charge is 2.20. The van der Waals surface area contributed by atoms with Crippen LogP contribution in [0.15, 0.2) is 36.7 Å². The number of aromatic nitrogens is 3. The molecule has 1 N–H and O–H groups in total. The molecule has 1 aromatic carbocycles. The van der Waals surface area contributed by atoms with Gasteiger partial charge in [-0.05, 0) is 18.6 Å². The highest BCUT2D eigenvalue weighted by Crippen LogP contribution is 2.28. The van der Waals surface area contributed by atoms with Crippen molar-refractivity contribution < 1.29 is 4.79 Å². The van der Waals surface area contributed by atoms with E-state index in [-0.39, 0.29) is 12.5 Å². The quantitative estimate of drug-likeness (QED) is 0.876. The number of fused-ring (bicyclic) bond motifs is 1. The third kappa shape index (κ3) is 2.42. The fraction of sp³-hybridized carbons (Fsp3) is 0.308. The summed E-state index contributed by atoms with van der Waals surface area (Å²) in [5.74, 6) is 0.0293. The Hall–Kier alpha value is -2.37. The van der Waals surface area contributed by atoms with Gasteiger partial charge in [-0.3, -0.25) is 4.79 Å². The van der Waals surface area contributed by atoms with Crippen molar-refractivity contribution in [2.45, 2.75) is 13.0 Å². The van der Waals surface area contributed by atoms with Crippen LogP contribution < -0.4 is 10.2 Å². The molecular weight excluding hydrogens is 242 g/mol. The van der Waals surface area contributed by atoms with Gasteiger partial charge in [0, 0.05) is 19.3 Å². The van der Waals surface area contributed by atoms with Gasteiger partial charge in [-0.1, -0.05) is 17.3 Å².